The number of rotatable bonds is 3. The topological polar surface area (TPSA) is 63.7 Å². The van der Waals surface area contributed by atoms with Crippen LogP contribution in [0.2, 0.25) is 0 Å². The van der Waals surface area contributed by atoms with Crippen molar-refractivity contribution in [1.29, 1.82) is 0 Å². The van der Waals surface area contributed by atoms with E-state index in [0.717, 1.165) is 17.5 Å². The summed E-state index contributed by atoms with van der Waals surface area (Å²) in [6.07, 6.45) is 0.756. The van der Waals surface area contributed by atoms with Crippen LogP contribution >= 0.6 is 15.9 Å². The van der Waals surface area contributed by atoms with Crippen molar-refractivity contribution >= 4 is 31.9 Å². The number of halogens is 3. The normalized spacial score (nSPS) is 19.7. The van der Waals surface area contributed by atoms with Crippen LogP contribution in [-0.2, 0) is 19.6 Å². The first-order valence-corrected chi connectivity index (χ1v) is 8.26. The van der Waals surface area contributed by atoms with Gasteiger partial charge < -0.3 is 4.74 Å². The number of carbonyl (C=O) groups excluding carboxylic acids is 1. The third kappa shape index (κ3) is 2.95. The van der Waals surface area contributed by atoms with Crippen molar-refractivity contribution in [3.8, 4) is 0 Å². The van der Waals surface area contributed by atoms with Gasteiger partial charge in [0.15, 0.2) is 0 Å². The largest absolute Gasteiger partial charge is 0.468 e. The summed E-state index contributed by atoms with van der Waals surface area (Å²) >= 11 is 2.85. The maximum atomic E-state index is 13.9. The molecule has 0 aromatic heterocycles. The van der Waals surface area contributed by atoms with Crippen molar-refractivity contribution < 1.29 is 26.7 Å². The molecule has 1 aliphatic rings. The number of carbonyl (C=O) groups is 1. The van der Waals surface area contributed by atoms with E-state index in [0.29, 0.717) is 18.9 Å². The molecule has 1 aromatic rings. The van der Waals surface area contributed by atoms with Gasteiger partial charge in [-0.2, -0.15) is 4.31 Å². The first-order valence-electron chi connectivity index (χ1n) is 6.03. The summed E-state index contributed by atoms with van der Waals surface area (Å²) in [5, 5.41) is 0. The molecule has 5 nitrogen and oxygen atoms in total. The summed E-state index contributed by atoms with van der Waals surface area (Å²) in [5.74, 6) is -2.81. The first-order chi connectivity index (χ1) is 9.78. The van der Waals surface area contributed by atoms with Crippen LogP contribution in [0.15, 0.2) is 21.5 Å². The summed E-state index contributed by atoms with van der Waals surface area (Å²) in [5.41, 5.74) is 0. The van der Waals surface area contributed by atoms with Gasteiger partial charge in [0.2, 0.25) is 10.0 Å². The zero-order chi connectivity index (χ0) is 15.8. The Kier molecular flexibility index (Phi) is 4.64. The smallest absolute Gasteiger partial charge is 0.324 e. The molecular formula is C12H12BrF2NO4S. The zero-order valence-electron chi connectivity index (χ0n) is 11.0. The molecule has 9 heteroatoms. The van der Waals surface area contributed by atoms with E-state index in [-0.39, 0.29) is 11.0 Å². The van der Waals surface area contributed by atoms with E-state index >= 15 is 0 Å². The molecule has 21 heavy (non-hydrogen) atoms. The number of hydrogen-bond acceptors (Lipinski definition) is 4. The van der Waals surface area contributed by atoms with E-state index in [1.54, 1.807) is 0 Å². The number of nitrogens with zero attached hydrogens (tertiary/aromatic N) is 1. The minimum absolute atomic E-state index is 0.0748. The second-order valence-corrected chi connectivity index (χ2v) is 7.18. The van der Waals surface area contributed by atoms with Gasteiger partial charge in [0.1, 0.15) is 22.6 Å². The molecule has 0 radical (unpaired) electrons. The Morgan fingerprint density at radius 3 is 2.67 bits per heavy atom. The van der Waals surface area contributed by atoms with Crippen LogP contribution in [0.25, 0.3) is 0 Å². The van der Waals surface area contributed by atoms with Gasteiger partial charge in [-0.15, -0.1) is 0 Å². The molecule has 1 heterocycles. The van der Waals surface area contributed by atoms with Crippen LogP contribution in [0.3, 0.4) is 0 Å². The third-order valence-electron chi connectivity index (χ3n) is 3.21. The maximum absolute atomic E-state index is 13.9. The minimum Gasteiger partial charge on any atom is -0.468 e. The molecule has 1 unspecified atom stereocenters. The predicted octanol–water partition coefficient (Wildman–Crippen LogP) is 2.05. The molecule has 0 bridgehead atoms. The number of ether oxygens (including phenoxy) is 1. The molecule has 1 atom stereocenters. The van der Waals surface area contributed by atoms with Gasteiger partial charge in [0.25, 0.3) is 0 Å². The molecule has 1 fully saturated rings. The average Bonchev–Trinajstić information content (AvgIpc) is 2.86. The zero-order valence-corrected chi connectivity index (χ0v) is 13.4. The fraction of sp³-hybridized carbons (Fsp3) is 0.417. The molecule has 2 rings (SSSR count). The highest BCUT2D eigenvalue weighted by Gasteiger charge is 2.42. The van der Waals surface area contributed by atoms with Crippen molar-refractivity contribution in [3.63, 3.8) is 0 Å². The number of esters is 1. The van der Waals surface area contributed by atoms with E-state index in [1.165, 1.54) is 0 Å². The maximum Gasteiger partial charge on any atom is 0.324 e. The van der Waals surface area contributed by atoms with Crippen LogP contribution in [0.4, 0.5) is 8.78 Å². The van der Waals surface area contributed by atoms with Crippen LogP contribution < -0.4 is 0 Å². The average molecular weight is 384 g/mol. The van der Waals surface area contributed by atoms with Gasteiger partial charge in [0.05, 0.1) is 7.11 Å². The third-order valence-corrected chi connectivity index (χ3v) is 6.08. The Bertz CT molecular complexity index is 657. The molecule has 0 aliphatic carbocycles. The summed E-state index contributed by atoms with van der Waals surface area (Å²) in [7, 11) is -3.12. The molecule has 0 spiro atoms. The van der Waals surface area contributed by atoms with Crippen molar-refractivity contribution in [1.82, 2.24) is 4.31 Å². The van der Waals surface area contributed by atoms with Gasteiger partial charge in [-0.1, -0.05) is 0 Å². The Balaban J connectivity index is 2.50. The summed E-state index contributed by atoms with van der Waals surface area (Å²) < 4.78 is 57.3. The molecule has 0 N–H and O–H groups in total. The van der Waals surface area contributed by atoms with Crippen molar-refractivity contribution in [2.24, 2.45) is 0 Å². The molecule has 116 valence electrons. The Hall–Kier alpha value is -1.06. The highest BCUT2D eigenvalue weighted by atomic mass is 79.9. The summed E-state index contributed by atoms with van der Waals surface area (Å²) in [6, 6.07) is 0.358. The number of benzene rings is 1. The molecular weight excluding hydrogens is 372 g/mol. The number of sulfonamides is 1. The molecule has 0 amide bonds. The number of hydrogen-bond donors (Lipinski definition) is 0. The molecule has 0 saturated carbocycles. The molecule has 1 aromatic carbocycles. The monoisotopic (exact) mass is 383 g/mol. The Morgan fingerprint density at radius 1 is 1.43 bits per heavy atom. The quantitative estimate of drug-likeness (QED) is 0.749. The lowest BCUT2D eigenvalue weighted by molar-refractivity contribution is -0.144. The lowest BCUT2D eigenvalue weighted by atomic mass is 10.2. The van der Waals surface area contributed by atoms with Gasteiger partial charge in [-0.25, -0.2) is 17.2 Å². The minimum atomic E-state index is -4.28. The van der Waals surface area contributed by atoms with Crippen LogP contribution in [0, 0.1) is 11.6 Å². The Labute approximate surface area is 129 Å². The first kappa shape index (κ1) is 16.3. The molecule has 1 aliphatic heterocycles. The predicted molar refractivity (Wildman–Crippen MR) is 73.0 cm³/mol. The van der Waals surface area contributed by atoms with Gasteiger partial charge in [-0.3, -0.25) is 4.79 Å². The summed E-state index contributed by atoms with van der Waals surface area (Å²) in [4.78, 5) is 11.0. The fourth-order valence-corrected chi connectivity index (χ4v) is 5.06. The van der Waals surface area contributed by atoms with E-state index < -0.39 is 38.6 Å². The van der Waals surface area contributed by atoms with E-state index in [4.69, 9.17) is 0 Å². The Morgan fingerprint density at radius 2 is 2.10 bits per heavy atom. The van der Waals surface area contributed by atoms with E-state index in [1.807, 2.05) is 0 Å². The van der Waals surface area contributed by atoms with Crippen molar-refractivity contribution in [3.05, 3.63) is 28.2 Å². The van der Waals surface area contributed by atoms with Crippen LogP contribution in [-0.4, -0.2) is 38.4 Å². The SMILES string of the molecule is COC(=O)C1CCCN1S(=O)(=O)c1c(F)cc(F)cc1Br. The van der Waals surface area contributed by atoms with Crippen molar-refractivity contribution in [2.75, 3.05) is 13.7 Å². The fourth-order valence-electron chi connectivity index (χ4n) is 2.29. The molecule has 1 saturated heterocycles. The lowest BCUT2D eigenvalue weighted by Crippen LogP contribution is -2.41. The lowest BCUT2D eigenvalue weighted by Gasteiger charge is -2.22. The standard InChI is InChI=1S/C12H12BrF2NO4S/c1-20-12(17)10-3-2-4-16(10)21(18,19)11-8(13)5-7(14)6-9(11)15/h5-6,10H,2-4H2,1H3. The summed E-state index contributed by atoms with van der Waals surface area (Å²) in [6.45, 7) is 0.0748. The second kappa shape index (κ2) is 5.98. The number of methoxy groups -OCH3 is 1. The van der Waals surface area contributed by atoms with Crippen molar-refractivity contribution in [2.45, 2.75) is 23.8 Å². The van der Waals surface area contributed by atoms with Gasteiger partial charge in [-0.05, 0) is 34.8 Å². The van der Waals surface area contributed by atoms with Crippen LogP contribution in [0.5, 0.6) is 0 Å². The highest BCUT2D eigenvalue weighted by molar-refractivity contribution is 9.10. The second-order valence-electron chi connectivity index (χ2n) is 4.50. The highest BCUT2D eigenvalue weighted by Crippen LogP contribution is 2.33. The van der Waals surface area contributed by atoms with E-state index in [9.17, 15) is 22.0 Å². The van der Waals surface area contributed by atoms with Gasteiger partial charge >= 0.3 is 5.97 Å². The van der Waals surface area contributed by atoms with Crippen LogP contribution in [0.1, 0.15) is 12.8 Å². The van der Waals surface area contributed by atoms with Gasteiger partial charge in [0, 0.05) is 17.1 Å². The van der Waals surface area contributed by atoms with E-state index in [2.05, 4.69) is 20.7 Å².